The van der Waals surface area contributed by atoms with Crippen LogP contribution in [0.25, 0.3) is 16.8 Å². The lowest BCUT2D eigenvalue weighted by molar-refractivity contribution is -0.136. The van der Waals surface area contributed by atoms with Crippen LogP contribution in [0.4, 0.5) is 5.69 Å². The number of hydrogen-bond acceptors (Lipinski definition) is 8. The third-order valence-electron chi connectivity index (χ3n) is 4.84. The van der Waals surface area contributed by atoms with Crippen molar-refractivity contribution in [3.63, 3.8) is 0 Å². The second-order valence-corrected chi connectivity index (χ2v) is 9.71. The Labute approximate surface area is 232 Å². The molecule has 0 aliphatic carbocycles. The predicted molar refractivity (Wildman–Crippen MR) is 160 cm³/mol. The van der Waals surface area contributed by atoms with Gasteiger partial charge in [0.2, 0.25) is 0 Å². The van der Waals surface area contributed by atoms with Gasteiger partial charge >= 0.3 is 5.97 Å². The molecule has 3 rings (SSSR count). The van der Waals surface area contributed by atoms with Crippen LogP contribution in [0, 0.1) is 6.92 Å². The predicted octanol–water partition coefficient (Wildman–Crippen LogP) is 5.37. The number of rotatable bonds is 9. The van der Waals surface area contributed by atoms with E-state index in [-0.39, 0.29) is 6.42 Å². The van der Waals surface area contributed by atoms with Gasteiger partial charge in [-0.15, -0.1) is 11.8 Å². The Morgan fingerprint density at radius 1 is 1.03 bits per heavy atom. The van der Waals surface area contributed by atoms with Crippen molar-refractivity contribution in [1.82, 2.24) is 0 Å². The molecule has 0 unspecified atom stereocenters. The number of carboxylic acids is 1. The van der Waals surface area contributed by atoms with E-state index in [2.05, 4.69) is 11.1 Å². The Bertz CT molecular complexity index is 1170. The maximum Gasteiger partial charge on any atom is 0.307 e. The second kappa shape index (κ2) is 17.5. The summed E-state index contributed by atoms with van der Waals surface area (Å²) >= 11 is 8.45. The van der Waals surface area contributed by atoms with Crippen LogP contribution >= 0.6 is 35.3 Å². The van der Waals surface area contributed by atoms with E-state index in [0.717, 1.165) is 51.7 Å². The summed E-state index contributed by atoms with van der Waals surface area (Å²) in [6.07, 6.45) is 0.879. The van der Waals surface area contributed by atoms with E-state index in [1.54, 1.807) is 0 Å². The normalized spacial score (nSPS) is 10.6. The average molecular weight is 561 g/mol. The maximum absolute atomic E-state index is 10.6. The summed E-state index contributed by atoms with van der Waals surface area (Å²) in [7, 11) is 3.38. The number of carboxylic acid groups (broad SMARTS) is 1. The first-order valence-electron chi connectivity index (χ1n) is 11.1. The van der Waals surface area contributed by atoms with Gasteiger partial charge in [-0.25, -0.2) is 0 Å². The number of halogens is 1. The smallest absolute Gasteiger partial charge is 0.307 e. The Kier molecular flexibility index (Phi) is 15.2. The van der Waals surface area contributed by atoms with E-state index in [1.807, 2.05) is 80.7 Å². The lowest BCUT2D eigenvalue weighted by Gasteiger charge is -2.10. The lowest BCUT2D eigenvalue weighted by Crippen LogP contribution is -2.01. The minimum Gasteiger partial charge on any atom is -0.481 e. The third-order valence-corrected chi connectivity index (χ3v) is 7.01. The minimum atomic E-state index is -0.805. The molecule has 0 bridgehead atoms. The number of hydrogen-bond donors (Lipinski definition) is 5. The first kappa shape index (κ1) is 32.1. The first-order chi connectivity index (χ1) is 17.8. The molecule has 0 saturated carbocycles. The zero-order chi connectivity index (χ0) is 27.8. The van der Waals surface area contributed by atoms with Crippen LogP contribution in [0.5, 0.6) is 0 Å². The zero-order valence-corrected chi connectivity index (χ0v) is 23.4. The quantitative estimate of drug-likeness (QED) is 0.172. The van der Waals surface area contributed by atoms with Gasteiger partial charge in [0.25, 0.3) is 0 Å². The van der Waals surface area contributed by atoms with Crippen LogP contribution < -0.4 is 21.9 Å². The van der Waals surface area contributed by atoms with Crippen molar-refractivity contribution in [3.05, 3.63) is 92.7 Å². The van der Waals surface area contributed by atoms with Gasteiger partial charge in [0.1, 0.15) is 6.29 Å². The molecule has 3 aromatic carbocycles. The van der Waals surface area contributed by atoms with E-state index in [1.165, 1.54) is 18.8 Å². The number of anilines is 1. The fourth-order valence-electron chi connectivity index (χ4n) is 3.05. The lowest BCUT2D eigenvalue weighted by atomic mass is 10.0. The van der Waals surface area contributed by atoms with Gasteiger partial charge in [0.05, 0.1) is 27.1 Å². The highest BCUT2D eigenvalue weighted by molar-refractivity contribution is 8.21. The number of thioether (sulfide) groups is 1. The van der Waals surface area contributed by atoms with Crippen molar-refractivity contribution in [1.29, 1.82) is 0 Å². The van der Waals surface area contributed by atoms with Crippen LogP contribution in [0.1, 0.15) is 16.7 Å². The Hall–Kier alpha value is -2.95. The molecule has 0 heterocycles. The molecule has 8 N–H and O–H groups in total. The fourth-order valence-corrected chi connectivity index (χ4v) is 4.59. The molecule has 37 heavy (non-hydrogen) atoms. The summed E-state index contributed by atoms with van der Waals surface area (Å²) in [5.41, 5.74) is 16.9. The zero-order valence-electron chi connectivity index (χ0n) is 21.0. The van der Waals surface area contributed by atoms with Crippen LogP contribution in [-0.4, -0.2) is 37.2 Å². The van der Waals surface area contributed by atoms with Crippen molar-refractivity contribution in [2.45, 2.75) is 13.3 Å². The standard InChI is InChI=1S/C15H15NO2.C11H13ClN2OS2.CH5N/c1-16-14-8-6-13(7-9-14)12-4-2-11(3-5-12)10-15(17)18;1-7-2-3-8(9(12)6-7)10(13)11(17-14)16-5-4-15;1-2/h2-9,16H,10H2,1H3,(H,17,18);2-4,6H,5,13-14H2,1H3;2H2,1H3/b;11-10-;. The second-order valence-electron chi connectivity index (χ2n) is 7.37. The number of aryl methyl sites for hydroxylation is 1. The Morgan fingerprint density at radius 3 is 2.05 bits per heavy atom. The molecule has 0 aliphatic rings. The summed E-state index contributed by atoms with van der Waals surface area (Å²) in [6.45, 7) is 1.95. The fraction of sp³-hybridized carbons (Fsp3) is 0.185. The molecular formula is C27H33ClN4O3S2. The van der Waals surface area contributed by atoms with Crippen molar-refractivity contribution in [2.24, 2.45) is 16.6 Å². The summed E-state index contributed by atoms with van der Waals surface area (Å²) in [5.74, 6) is -0.481. The largest absolute Gasteiger partial charge is 0.481 e. The molecule has 0 fully saturated rings. The number of aldehydes is 1. The van der Waals surface area contributed by atoms with Crippen LogP contribution in [0.2, 0.25) is 5.02 Å². The highest BCUT2D eigenvalue weighted by Gasteiger charge is 2.10. The van der Waals surface area contributed by atoms with Crippen molar-refractivity contribution < 1.29 is 14.7 Å². The molecule has 0 atom stereocenters. The molecule has 0 aromatic heterocycles. The number of nitrogens with two attached hydrogens (primary N) is 3. The van der Waals surface area contributed by atoms with Gasteiger partial charge in [-0.05, 0) is 66.4 Å². The first-order valence-corrected chi connectivity index (χ1v) is 13.4. The van der Waals surface area contributed by atoms with Gasteiger partial charge in [0.15, 0.2) is 0 Å². The number of benzene rings is 3. The molecule has 0 radical (unpaired) electrons. The molecule has 0 aliphatic heterocycles. The molecule has 0 amide bonds. The number of nitrogens with one attached hydrogen (secondary N) is 1. The van der Waals surface area contributed by atoms with E-state index in [9.17, 15) is 9.59 Å². The van der Waals surface area contributed by atoms with Gasteiger partial charge in [-0.1, -0.05) is 60.1 Å². The molecule has 0 saturated heterocycles. The maximum atomic E-state index is 10.6. The SMILES string of the molecule is CN.CNc1ccc(-c2ccc(CC(=O)O)cc2)cc1.Cc1ccc(/C(N)=C(/SN)SCC=O)c(Cl)c1. The molecule has 3 aromatic rings. The summed E-state index contributed by atoms with van der Waals surface area (Å²) in [6, 6.07) is 21.3. The molecule has 0 spiro atoms. The average Bonchev–Trinajstić information content (AvgIpc) is 2.91. The van der Waals surface area contributed by atoms with Gasteiger partial charge in [0, 0.05) is 18.3 Å². The third kappa shape index (κ3) is 10.9. The number of carbonyl (C=O) groups is 2. The van der Waals surface area contributed by atoms with Gasteiger partial charge < -0.3 is 26.7 Å². The Morgan fingerprint density at radius 2 is 1.59 bits per heavy atom. The molecule has 10 heteroatoms. The van der Waals surface area contributed by atoms with Crippen LogP contribution in [0.3, 0.4) is 0 Å². The van der Waals surface area contributed by atoms with Crippen molar-refractivity contribution >= 4 is 59.0 Å². The van der Waals surface area contributed by atoms with Gasteiger partial charge in [-0.3, -0.25) is 9.93 Å². The van der Waals surface area contributed by atoms with Gasteiger partial charge in [-0.2, -0.15) is 0 Å². The van der Waals surface area contributed by atoms with E-state index >= 15 is 0 Å². The van der Waals surface area contributed by atoms with Crippen LogP contribution in [0.15, 0.2) is 71.0 Å². The van der Waals surface area contributed by atoms with Crippen molar-refractivity contribution in [3.8, 4) is 11.1 Å². The highest BCUT2D eigenvalue weighted by Crippen LogP contribution is 2.33. The summed E-state index contributed by atoms with van der Waals surface area (Å²) in [5, 5.41) is 17.9. The minimum absolute atomic E-state index is 0.0684. The highest BCUT2D eigenvalue weighted by atomic mass is 35.5. The topological polar surface area (TPSA) is 144 Å². The van der Waals surface area contributed by atoms with Crippen molar-refractivity contribution in [2.75, 3.05) is 25.2 Å². The van der Waals surface area contributed by atoms with Crippen LogP contribution in [-0.2, 0) is 16.0 Å². The number of aliphatic carboxylic acids is 1. The van der Waals surface area contributed by atoms with E-state index < -0.39 is 5.97 Å². The molecular weight excluding hydrogens is 528 g/mol. The Balaban J connectivity index is 0.000000348. The van der Waals surface area contributed by atoms with E-state index in [4.69, 9.17) is 27.6 Å². The summed E-state index contributed by atoms with van der Waals surface area (Å²) in [4.78, 5) is 20.9. The molecule has 7 nitrogen and oxygen atoms in total. The van der Waals surface area contributed by atoms with E-state index in [0.29, 0.717) is 20.7 Å². The number of carbonyl (C=O) groups excluding carboxylic acids is 1. The summed E-state index contributed by atoms with van der Waals surface area (Å²) < 4.78 is 0.697. The molecule has 198 valence electrons. The monoisotopic (exact) mass is 560 g/mol.